The minimum absolute atomic E-state index is 0.140. The van der Waals surface area contributed by atoms with E-state index in [9.17, 15) is 9.59 Å². The number of anilines is 1. The van der Waals surface area contributed by atoms with E-state index in [1.165, 1.54) is 23.7 Å². The highest BCUT2D eigenvalue weighted by atomic mass is 16.5. The van der Waals surface area contributed by atoms with E-state index in [0.717, 1.165) is 11.8 Å². The van der Waals surface area contributed by atoms with Crippen LogP contribution in [0.4, 0.5) is 5.95 Å². The summed E-state index contributed by atoms with van der Waals surface area (Å²) in [6.07, 6.45) is 0.989. The maximum atomic E-state index is 12.1. The fourth-order valence-electron chi connectivity index (χ4n) is 2.32. The molecule has 0 radical (unpaired) electrons. The number of esters is 2. The molecule has 0 spiro atoms. The molecule has 0 saturated carbocycles. The number of aromatic nitrogens is 4. The predicted molar refractivity (Wildman–Crippen MR) is 98.6 cm³/mol. The normalized spacial score (nSPS) is 11.0. The SMILES string of the molecule is COC(=O)C=C(Nc1nn(-c2ccccc2)n[n+]1-c1ccccc1)C(=O)OC. The van der Waals surface area contributed by atoms with Gasteiger partial charge in [-0.2, -0.15) is 0 Å². The van der Waals surface area contributed by atoms with Crippen LogP contribution in [0, 0.1) is 0 Å². The number of carbonyl (C=O) groups is 2. The van der Waals surface area contributed by atoms with E-state index in [-0.39, 0.29) is 11.6 Å². The van der Waals surface area contributed by atoms with Gasteiger partial charge in [-0.25, -0.2) is 9.59 Å². The fourth-order valence-corrected chi connectivity index (χ4v) is 2.32. The van der Waals surface area contributed by atoms with Crippen LogP contribution in [0.5, 0.6) is 0 Å². The first-order valence-electron chi connectivity index (χ1n) is 8.28. The lowest BCUT2D eigenvalue weighted by Gasteiger charge is -2.03. The van der Waals surface area contributed by atoms with E-state index in [1.807, 2.05) is 60.7 Å². The Morgan fingerprint density at radius 3 is 2.25 bits per heavy atom. The Bertz CT molecular complexity index is 1000. The third kappa shape index (κ3) is 4.21. The molecule has 2 aromatic carbocycles. The molecule has 3 rings (SSSR count). The van der Waals surface area contributed by atoms with Crippen molar-refractivity contribution in [2.24, 2.45) is 0 Å². The first-order valence-corrected chi connectivity index (χ1v) is 8.28. The van der Waals surface area contributed by atoms with E-state index in [0.29, 0.717) is 5.69 Å². The number of nitrogens with one attached hydrogen (secondary N) is 1. The molecule has 0 atom stereocenters. The maximum Gasteiger partial charge on any atom is 0.408 e. The molecule has 1 heterocycles. The fraction of sp³-hybridized carbons (Fsp3) is 0.105. The third-order valence-corrected chi connectivity index (χ3v) is 3.67. The van der Waals surface area contributed by atoms with Crippen molar-refractivity contribution in [1.29, 1.82) is 0 Å². The average molecular weight is 380 g/mol. The zero-order chi connectivity index (χ0) is 19.9. The van der Waals surface area contributed by atoms with E-state index in [1.54, 1.807) is 0 Å². The van der Waals surface area contributed by atoms with Crippen molar-refractivity contribution >= 4 is 17.9 Å². The van der Waals surface area contributed by atoms with Gasteiger partial charge in [0.05, 0.1) is 25.4 Å². The number of nitrogens with zero attached hydrogens (tertiary/aromatic N) is 4. The number of rotatable bonds is 6. The van der Waals surface area contributed by atoms with Crippen molar-refractivity contribution in [1.82, 2.24) is 15.1 Å². The number of benzene rings is 2. The van der Waals surface area contributed by atoms with Gasteiger partial charge in [0.1, 0.15) is 11.4 Å². The van der Waals surface area contributed by atoms with Crippen LogP contribution in [0.25, 0.3) is 11.4 Å². The number of carbonyl (C=O) groups excluding carboxylic acids is 2. The van der Waals surface area contributed by atoms with Crippen molar-refractivity contribution in [3.63, 3.8) is 0 Å². The van der Waals surface area contributed by atoms with E-state index < -0.39 is 11.9 Å². The van der Waals surface area contributed by atoms with Crippen LogP contribution >= 0.6 is 0 Å². The summed E-state index contributed by atoms with van der Waals surface area (Å²) in [4.78, 5) is 25.1. The molecule has 0 amide bonds. The first kappa shape index (κ1) is 18.8. The Hall–Kier alpha value is -4.01. The van der Waals surface area contributed by atoms with Crippen molar-refractivity contribution < 1.29 is 23.7 Å². The van der Waals surface area contributed by atoms with Gasteiger partial charge in [0.15, 0.2) is 5.70 Å². The predicted octanol–water partition coefficient (Wildman–Crippen LogP) is 1.19. The van der Waals surface area contributed by atoms with Crippen molar-refractivity contribution in [2.45, 2.75) is 0 Å². The van der Waals surface area contributed by atoms with Gasteiger partial charge in [0.2, 0.25) is 0 Å². The molecule has 28 heavy (non-hydrogen) atoms. The standard InChI is InChI=1S/C19H17N5O4/c1-27-17(25)13-16(18(26)28-2)20-19-21-24(15-11-7-4-8-12-15)22-23(19)14-9-5-3-6-10-14/h3-13H,1-2H3/p+1. The van der Waals surface area contributed by atoms with E-state index in [4.69, 9.17) is 4.74 Å². The van der Waals surface area contributed by atoms with Crippen LogP contribution in [-0.4, -0.2) is 41.3 Å². The molecule has 3 aromatic rings. The molecule has 0 aliphatic carbocycles. The highest BCUT2D eigenvalue weighted by molar-refractivity contribution is 5.98. The lowest BCUT2D eigenvalue weighted by atomic mass is 10.3. The highest BCUT2D eigenvalue weighted by Crippen LogP contribution is 2.10. The van der Waals surface area contributed by atoms with Gasteiger partial charge in [0.25, 0.3) is 0 Å². The molecule has 0 aliphatic rings. The zero-order valence-corrected chi connectivity index (χ0v) is 15.3. The molecule has 1 aromatic heterocycles. The number of tetrazole rings is 1. The lowest BCUT2D eigenvalue weighted by molar-refractivity contribution is -0.647. The molecule has 9 heteroatoms. The van der Waals surface area contributed by atoms with Crippen LogP contribution in [0.3, 0.4) is 0 Å². The summed E-state index contributed by atoms with van der Waals surface area (Å²) >= 11 is 0. The number of hydrogen-bond donors (Lipinski definition) is 1. The number of ether oxygens (including phenoxy) is 2. The Balaban J connectivity index is 2.07. The third-order valence-electron chi connectivity index (χ3n) is 3.67. The summed E-state index contributed by atoms with van der Waals surface area (Å²) in [7, 11) is 2.42. The summed E-state index contributed by atoms with van der Waals surface area (Å²) < 4.78 is 10.8. The summed E-state index contributed by atoms with van der Waals surface area (Å²) in [6, 6.07) is 18.5. The highest BCUT2D eigenvalue weighted by Gasteiger charge is 2.25. The smallest absolute Gasteiger partial charge is 0.408 e. The molecule has 0 unspecified atom stereocenters. The summed E-state index contributed by atoms with van der Waals surface area (Å²) in [6.45, 7) is 0. The van der Waals surface area contributed by atoms with Gasteiger partial charge >= 0.3 is 17.9 Å². The molecule has 0 aliphatic heterocycles. The minimum Gasteiger partial charge on any atom is -0.466 e. The van der Waals surface area contributed by atoms with Gasteiger partial charge in [-0.15, -0.1) is 0 Å². The largest absolute Gasteiger partial charge is 0.466 e. The van der Waals surface area contributed by atoms with Crippen LogP contribution in [0.2, 0.25) is 0 Å². The molecule has 0 bridgehead atoms. The maximum absolute atomic E-state index is 12.1. The molecule has 9 nitrogen and oxygen atoms in total. The second-order valence-corrected chi connectivity index (χ2v) is 5.48. The Morgan fingerprint density at radius 1 is 1.00 bits per heavy atom. The quantitative estimate of drug-likeness (QED) is 0.389. The monoisotopic (exact) mass is 380 g/mol. The van der Waals surface area contributed by atoms with Crippen LogP contribution in [-0.2, 0) is 19.1 Å². The second-order valence-electron chi connectivity index (χ2n) is 5.48. The molecule has 0 saturated heterocycles. The topological polar surface area (TPSA) is 99.2 Å². The molecular formula is C19H18N5O4+. The summed E-state index contributed by atoms with van der Waals surface area (Å²) in [5.41, 5.74) is 1.28. The van der Waals surface area contributed by atoms with Gasteiger partial charge in [0, 0.05) is 5.21 Å². The van der Waals surface area contributed by atoms with Gasteiger partial charge in [-0.1, -0.05) is 41.1 Å². The molecule has 1 N–H and O–H groups in total. The van der Waals surface area contributed by atoms with Gasteiger partial charge in [-0.05, 0) is 29.1 Å². The molecule has 0 fully saturated rings. The Labute approximate surface area is 160 Å². The van der Waals surface area contributed by atoms with Crippen LogP contribution in [0.15, 0.2) is 72.4 Å². The Morgan fingerprint density at radius 2 is 1.64 bits per heavy atom. The average Bonchev–Trinajstić information content (AvgIpc) is 3.17. The van der Waals surface area contributed by atoms with Crippen LogP contribution < -0.4 is 10.00 Å². The molecular weight excluding hydrogens is 362 g/mol. The molecule has 142 valence electrons. The van der Waals surface area contributed by atoms with Crippen molar-refractivity contribution in [2.75, 3.05) is 19.5 Å². The van der Waals surface area contributed by atoms with Gasteiger partial charge < -0.3 is 9.47 Å². The van der Waals surface area contributed by atoms with Crippen molar-refractivity contribution in [3.05, 3.63) is 72.4 Å². The number of para-hydroxylation sites is 2. The van der Waals surface area contributed by atoms with Gasteiger partial charge in [-0.3, -0.25) is 5.32 Å². The second kappa shape index (κ2) is 8.58. The number of hydrogen-bond acceptors (Lipinski definition) is 7. The Kier molecular flexibility index (Phi) is 5.75. The van der Waals surface area contributed by atoms with E-state index in [2.05, 4.69) is 20.4 Å². The minimum atomic E-state index is -0.751. The van der Waals surface area contributed by atoms with Crippen LogP contribution in [0.1, 0.15) is 0 Å². The number of methoxy groups -OCH3 is 2. The summed E-state index contributed by atoms with van der Waals surface area (Å²) in [5.74, 6) is -1.26. The zero-order valence-electron chi connectivity index (χ0n) is 15.3. The summed E-state index contributed by atoms with van der Waals surface area (Å²) in [5, 5.41) is 11.7. The van der Waals surface area contributed by atoms with Crippen molar-refractivity contribution in [3.8, 4) is 11.4 Å². The first-order chi connectivity index (χ1) is 13.6. The lowest BCUT2D eigenvalue weighted by Crippen LogP contribution is -2.37. The van der Waals surface area contributed by atoms with E-state index >= 15 is 0 Å².